The fourth-order valence-corrected chi connectivity index (χ4v) is 4.17. The van der Waals surface area contributed by atoms with Crippen LogP contribution >= 0.6 is 23.2 Å². The lowest BCUT2D eigenvalue weighted by Crippen LogP contribution is -2.42. The normalized spacial score (nSPS) is 11.9. The van der Waals surface area contributed by atoms with Crippen molar-refractivity contribution >= 4 is 51.9 Å². The first-order valence-electron chi connectivity index (χ1n) is 11.7. The largest absolute Gasteiger partial charge is 0.387 e. The van der Waals surface area contributed by atoms with Crippen LogP contribution in [-0.4, -0.2) is 44.5 Å². The highest BCUT2D eigenvalue weighted by molar-refractivity contribution is 6.42. The summed E-state index contributed by atoms with van der Waals surface area (Å²) in [6, 6.07) is 17.0. The van der Waals surface area contributed by atoms with E-state index < -0.39 is 6.10 Å². The number of anilines is 1. The van der Waals surface area contributed by atoms with Gasteiger partial charge in [0.05, 0.1) is 40.1 Å². The lowest BCUT2D eigenvalue weighted by molar-refractivity contribution is 0.0952. The predicted octanol–water partition coefficient (Wildman–Crippen LogP) is 5.78. The Labute approximate surface area is 224 Å². The molecule has 1 heterocycles. The summed E-state index contributed by atoms with van der Waals surface area (Å²) in [4.78, 5) is 34.4. The Kier molecular flexibility index (Phi) is 8.33. The van der Waals surface area contributed by atoms with Gasteiger partial charge in [-0.2, -0.15) is 0 Å². The van der Waals surface area contributed by atoms with Crippen LogP contribution < -0.4 is 10.6 Å². The summed E-state index contributed by atoms with van der Waals surface area (Å²) in [7, 11) is 0. The van der Waals surface area contributed by atoms with Crippen LogP contribution in [0.1, 0.15) is 41.4 Å². The predicted molar refractivity (Wildman–Crippen MR) is 146 cm³/mol. The number of halogens is 2. The number of benzene rings is 3. The number of aliphatic hydroxyl groups excluding tert-OH is 1. The summed E-state index contributed by atoms with van der Waals surface area (Å²) in [6.45, 7) is 4.14. The van der Waals surface area contributed by atoms with Crippen molar-refractivity contribution in [3.63, 3.8) is 0 Å². The van der Waals surface area contributed by atoms with Gasteiger partial charge in [-0.3, -0.25) is 4.79 Å². The number of fused-ring (bicyclic) bond motifs is 1. The SMILES string of the molecule is CC(C)N(C[C@@H](O)c1ccc(Cl)c(Cl)c1)C(=O)Nc1ccc(CNC(=O)c2cccc3[nH]cnc23)cc1. The number of hydrogen-bond donors (Lipinski definition) is 4. The Hall–Kier alpha value is -3.59. The summed E-state index contributed by atoms with van der Waals surface area (Å²) in [5, 5.41) is 17.2. The fraction of sp³-hybridized carbons (Fsp3) is 0.222. The zero-order valence-corrected chi connectivity index (χ0v) is 21.8. The standard InChI is InChI=1S/C27H27Cl2N5O3/c1-16(2)34(14-24(35)18-8-11-21(28)22(29)12-18)27(37)33-19-9-6-17(7-10-19)13-30-26(36)20-4-3-5-23-25(20)32-15-31-23/h3-12,15-16,24,35H,13-14H2,1-2H3,(H,30,36)(H,31,32)(H,33,37)/t24-/m1/s1. The van der Waals surface area contributed by atoms with E-state index in [-0.39, 0.29) is 24.5 Å². The molecule has 8 nitrogen and oxygen atoms in total. The molecule has 192 valence electrons. The van der Waals surface area contributed by atoms with E-state index in [9.17, 15) is 14.7 Å². The number of amides is 3. The summed E-state index contributed by atoms with van der Waals surface area (Å²) in [5.74, 6) is -0.219. The van der Waals surface area contributed by atoms with Crippen LogP contribution in [0.2, 0.25) is 10.0 Å². The number of nitrogens with one attached hydrogen (secondary N) is 3. The molecule has 3 aromatic carbocycles. The summed E-state index contributed by atoms with van der Waals surface area (Å²) in [6.07, 6.45) is 0.629. The van der Waals surface area contributed by atoms with Gasteiger partial charge in [-0.25, -0.2) is 9.78 Å². The number of imidazole rings is 1. The van der Waals surface area contributed by atoms with Crippen LogP contribution in [-0.2, 0) is 6.54 Å². The third-order valence-electron chi connectivity index (χ3n) is 5.93. The van der Waals surface area contributed by atoms with Crippen LogP contribution in [0, 0.1) is 0 Å². The van der Waals surface area contributed by atoms with Gasteiger partial charge in [0.1, 0.15) is 5.52 Å². The molecule has 0 spiro atoms. The highest BCUT2D eigenvalue weighted by Crippen LogP contribution is 2.26. The minimum Gasteiger partial charge on any atom is -0.387 e. The molecule has 0 aliphatic rings. The van der Waals surface area contributed by atoms with Crippen molar-refractivity contribution in [2.45, 2.75) is 32.5 Å². The van der Waals surface area contributed by atoms with Crippen LogP contribution in [0.5, 0.6) is 0 Å². The molecular weight excluding hydrogens is 513 g/mol. The lowest BCUT2D eigenvalue weighted by Gasteiger charge is -2.29. The summed E-state index contributed by atoms with van der Waals surface area (Å²) < 4.78 is 0. The third-order valence-corrected chi connectivity index (χ3v) is 6.67. The van der Waals surface area contributed by atoms with E-state index in [1.165, 1.54) is 4.90 Å². The zero-order chi connectivity index (χ0) is 26.5. The van der Waals surface area contributed by atoms with Gasteiger partial charge in [-0.05, 0) is 61.4 Å². The molecule has 0 radical (unpaired) electrons. The van der Waals surface area contributed by atoms with Gasteiger partial charge in [0, 0.05) is 18.3 Å². The van der Waals surface area contributed by atoms with E-state index in [0.717, 1.165) is 11.1 Å². The highest BCUT2D eigenvalue weighted by atomic mass is 35.5. The minimum absolute atomic E-state index is 0.0777. The first kappa shape index (κ1) is 26.5. The monoisotopic (exact) mass is 539 g/mol. The van der Waals surface area contributed by atoms with Crippen molar-refractivity contribution in [3.05, 3.63) is 93.7 Å². The van der Waals surface area contributed by atoms with Gasteiger partial charge >= 0.3 is 6.03 Å². The van der Waals surface area contributed by atoms with Crippen LogP contribution in [0.3, 0.4) is 0 Å². The van der Waals surface area contributed by atoms with Crippen molar-refractivity contribution in [2.75, 3.05) is 11.9 Å². The molecule has 37 heavy (non-hydrogen) atoms. The summed E-state index contributed by atoms with van der Waals surface area (Å²) >= 11 is 12.0. The number of aromatic nitrogens is 2. The molecule has 0 bridgehead atoms. The molecule has 4 N–H and O–H groups in total. The molecule has 1 aromatic heterocycles. The van der Waals surface area contributed by atoms with Crippen molar-refractivity contribution in [1.82, 2.24) is 20.2 Å². The molecule has 10 heteroatoms. The Morgan fingerprint density at radius 3 is 2.51 bits per heavy atom. The molecular formula is C27H27Cl2N5O3. The number of rotatable bonds is 8. The number of carbonyl (C=O) groups is 2. The molecule has 3 amide bonds. The van der Waals surface area contributed by atoms with Crippen LogP contribution in [0.25, 0.3) is 11.0 Å². The number of aliphatic hydroxyl groups is 1. The van der Waals surface area contributed by atoms with Crippen molar-refractivity contribution in [2.24, 2.45) is 0 Å². The molecule has 0 unspecified atom stereocenters. The van der Waals surface area contributed by atoms with E-state index in [4.69, 9.17) is 23.2 Å². The molecule has 0 saturated carbocycles. The fourth-order valence-electron chi connectivity index (χ4n) is 3.87. The number of hydrogen-bond acceptors (Lipinski definition) is 4. The smallest absolute Gasteiger partial charge is 0.322 e. The average Bonchev–Trinajstić information content (AvgIpc) is 3.37. The van der Waals surface area contributed by atoms with E-state index >= 15 is 0 Å². The first-order chi connectivity index (χ1) is 17.7. The molecule has 0 aliphatic heterocycles. The minimum atomic E-state index is -0.929. The summed E-state index contributed by atoms with van der Waals surface area (Å²) in [5.41, 5.74) is 3.96. The molecule has 0 fully saturated rings. The van der Waals surface area contributed by atoms with E-state index in [2.05, 4.69) is 20.6 Å². The number of para-hydroxylation sites is 1. The van der Waals surface area contributed by atoms with Gasteiger partial charge in [-0.15, -0.1) is 0 Å². The maximum absolute atomic E-state index is 13.0. The van der Waals surface area contributed by atoms with E-state index in [0.29, 0.717) is 38.9 Å². The van der Waals surface area contributed by atoms with Crippen LogP contribution in [0.15, 0.2) is 67.0 Å². The second-order valence-electron chi connectivity index (χ2n) is 8.85. The Bertz CT molecular complexity index is 1400. The highest BCUT2D eigenvalue weighted by Gasteiger charge is 2.22. The Balaban J connectivity index is 1.35. The number of H-pyrrole nitrogens is 1. The Morgan fingerprint density at radius 1 is 1.05 bits per heavy atom. The quantitative estimate of drug-likeness (QED) is 0.227. The first-order valence-corrected chi connectivity index (χ1v) is 12.5. The van der Waals surface area contributed by atoms with Crippen molar-refractivity contribution < 1.29 is 14.7 Å². The maximum atomic E-state index is 13.0. The van der Waals surface area contributed by atoms with E-state index in [1.807, 2.05) is 32.0 Å². The van der Waals surface area contributed by atoms with Gasteiger partial charge in [0.25, 0.3) is 5.91 Å². The van der Waals surface area contributed by atoms with Crippen molar-refractivity contribution in [1.29, 1.82) is 0 Å². The van der Waals surface area contributed by atoms with Gasteiger partial charge < -0.3 is 25.6 Å². The van der Waals surface area contributed by atoms with Crippen LogP contribution in [0.4, 0.5) is 10.5 Å². The molecule has 4 aromatic rings. The third kappa shape index (κ3) is 6.40. The molecule has 0 saturated heterocycles. The average molecular weight is 540 g/mol. The van der Waals surface area contributed by atoms with Gasteiger partial charge in [-0.1, -0.05) is 47.5 Å². The zero-order valence-electron chi connectivity index (χ0n) is 20.3. The second-order valence-corrected chi connectivity index (χ2v) is 9.66. The molecule has 0 aliphatic carbocycles. The number of aromatic amines is 1. The number of nitrogens with zero attached hydrogens (tertiary/aromatic N) is 2. The van der Waals surface area contributed by atoms with E-state index in [1.54, 1.807) is 48.8 Å². The Morgan fingerprint density at radius 2 is 1.81 bits per heavy atom. The topological polar surface area (TPSA) is 110 Å². The van der Waals surface area contributed by atoms with Crippen molar-refractivity contribution in [3.8, 4) is 0 Å². The number of urea groups is 1. The number of carbonyl (C=O) groups excluding carboxylic acids is 2. The molecule has 1 atom stereocenters. The molecule has 4 rings (SSSR count). The van der Waals surface area contributed by atoms with Gasteiger partial charge in [0.2, 0.25) is 0 Å². The second kappa shape index (κ2) is 11.6. The van der Waals surface area contributed by atoms with Gasteiger partial charge in [0.15, 0.2) is 0 Å². The lowest BCUT2D eigenvalue weighted by atomic mass is 10.1. The maximum Gasteiger partial charge on any atom is 0.322 e.